The highest BCUT2D eigenvalue weighted by Gasteiger charge is 2.18. The summed E-state index contributed by atoms with van der Waals surface area (Å²) in [7, 11) is 0. The van der Waals surface area contributed by atoms with Crippen LogP contribution in [0.5, 0.6) is 0 Å². The smallest absolute Gasteiger partial charge is 0.341 e. The van der Waals surface area contributed by atoms with E-state index in [1.165, 1.54) is 37.7 Å². The number of carbonyl (C=O) groups excluding carboxylic acids is 2. The van der Waals surface area contributed by atoms with E-state index in [0.717, 1.165) is 12.1 Å². The van der Waals surface area contributed by atoms with Gasteiger partial charge in [0.15, 0.2) is 12.4 Å². The molecule has 0 unspecified atom stereocenters. The number of rotatable bonds is 5. The van der Waals surface area contributed by atoms with Crippen molar-refractivity contribution >= 4 is 11.8 Å². The maximum Gasteiger partial charge on any atom is 0.341 e. The van der Waals surface area contributed by atoms with Gasteiger partial charge in [-0.3, -0.25) is 4.79 Å². The number of esters is 1. The number of Topliss-reactive ketones (excluding diaryl/α,β-unsaturated/α-hetero) is 1. The molecule has 2 aromatic rings. The molecule has 0 amide bonds. The van der Waals surface area contributed by atoms with Crippen molar-refractivity contribution < 1.29 is 23.1 Å². The topological polar surface area (TPSA) is 43.4 Å². The van der Waals surface area contributed by atoms with Crippen LogP contribution in [0.2, 0.25) is 0 Å². The summed E-state index contributed by atoms with van der Waals surface area (Å²) in [5.41, 5.74) is 1.27. The van der Waals surface area contributed by atoms with Gasteiger partial charge in [0.2, 0.25) is 0 Å². The SMILES string of the molecule is O=C(COC(=O)c1ccc(F)cc1F)c1ccc(C2CCCCC2)cc1. The van der Waals surface area contributed by atoms with Gasteiger partial charge >= 0.3 is 5.97 Å². The van der Waals surface area contributed by atoms with Crippen LogP contribution in [-0.4, -0.2) is 18.4 Å². The van der Waals surface area contributed by atoms with E-state index in [4.69, 9.17) is 4.74 Å². The van der Waals surface area contributed by atoms with Crippen LogP contribution in [0.3, 0.4) is 0 Å². The third-order valence-corrected chi connectivity index (χ3v) is 4.79. The highest BCUT2D eigenvalue weighted by molar-refractivity contribution is 5.99. The van der Waals surface area contributed by atoms with Gasteiger partial charge in [0.25, 0.3) is 0 Å². The van der Waals surface area contributed by atoms with Gasteiger partial charge in [-0.2, -0.15) is 0 Å². The minimum atomic E-state index is -1.01. The number of benzene rings is 2. The normalized spacial score (nSPS) is 14.8. The van der Waals surface area contributed by atoms with Crippen molar-refractivity contribution in [3.63, 3.8) is 0 Å². The summed E-state index contributed by atoms with van der Waals surface area (Å²) < 4.78 is 31.3. The fourth-order valence-corrected chi connectivity index (χ4v) is 3.32. The molecule has 2 aromatic carbocycles. The van der Waals surface area contributed by atoms with Crippen molar-refractivity contribution in [2.75, 3.05) is 6.61 Å². The largest absolute Gasteiger partial charge is 0.454 e. The Balaban J connectivity index is 1.58. The summed E-state index contributed by atoms with van der Waals surface area (Å²) in [6.07, 6.45) is 6.11. The molecule has 26 heavy (non-hydrogen) atoms. The van der Waals surface area contributed by atoms with Crippen molar-refractivity contribution in [1.82, 2.24) is 0 Å². The average molecular weight is 358 g/mol. The van der Waals surface area contributed by atoms with Gasteiger partial charge in [-0.1, -0.05) is 43.5 Å². The van der Waals surface area contributed by atoms with Gasteiger partial charge < -0.3 is 4.74 Å². The van der Waals surface area contributed by atoms with E-state index in [0.29, 0.717) is 17.5 Å². The highest BCUT2D eigenvalue weighted by atomic mass is 19.1. The Bertz CT molecular complexity index is 793. The molecule has 0 atom stereocenters. The van der Waals surface area contributed by atoms with Gasteiger partial charge in [-0.15, -0.1) is 0 Å². The predicted octanol–water partition coefficient (Wildman–Crippen LogP) is 5.05. The van der Waals surface area contributed by atoms with E-state index in [9.17, 15) is 18.4 Å². The number of hydrogen-bond donors (Lipinski definition) is 0. The Kier molecular flexibility index (Phi) is 5.76. The molecule has 1 aliphatic rings. The van der Waals surface area contributed by atoms with E-state index in [2.05, 4.69) is 0 Å². The lowest BCUT2D eigenvalue weighted by molar-refractivity contribution is 0.0470. The molecule has 5 heteroatoms. The van der Waals surface area contributed by atoms with Gasteiger partial charge in [0, 0.05) is 11.6 Å². The molecule has 1 saturated carbocycles. The first-order chi connectivity index (χ1) is 12.5. The van der Waals surface area contributed by atoms with Crippen molar-refractivity contribution in [2.45, 2.75) is 38.0 Å². The minimum absolute atomic E-state index is 0.365. The summed E-state index contributed by atoms with van der Waals surface area (Å²) in [6, 6.07) is 9.93. The van der Waals surface area contributed by atoms with Crippen LogP contribution < -0.4 is 0 Å². The second kappa shape index (κ2) is 8.21. The van der Waals surface area contributed by atoms with Crippen molar-refractivity contribution in [3.8, 4) is 0 Å². The molecule has 1 aliphatic carbocycles. The van der Waals surface area contributed by atoms with Crippen LogP contribution in [0.4, 0.5) is 8.78 Å². The highest BCUT2D eigenvalue weighted by Crippen LogP contribution is 2.32. The maximum atomic E-state index is 13.5. The molecule has 0 spiro atoms. The van der Waals surface area contributed by atoms with E-state index in [-0.39, 0.29) is 5.78 Å². The molecular weight excluding hydrogens is 338 g/mol. The Morgan fingerprint density at radius 2 is 1.65 bits per heavy atom. The van der Waals surface area contributed by atoms with Crippen LogP contribution in [0.25, 0.3) is 0 Å². The molecule has 0 radical (unpaired) electrons. The first kappa shape index (κ1) is 18.2. The summed E-state index contributed by atoms with van der Waals surface area (Å²) in [4.78, 5) is 24.0. The Labute approximate surface area is 151 Å². The van der Waals surface area contributed by atoms with E-state index in [1.54, 1.807) is 12.1 Å². The third-order valence-electron chi connectivity index (χ3n) is 4.79. The van der Waals surface area contributed by atoms with E-state index < -0.39 is 29.8 Å². The summed E-state index contributed by atoms with van der Waals surface area (Å²) in [5, 5.41) is 0. The lowest BCUT2D eigenvalue weighted by atomic mass is 9.84. The second-order valence-corrected chi connectivity index (χ2v) is 6.58. The van der Waals surface area contributed by atoms with Crippen molar-refractivity contribution in [3.05, 3.63) is 70.8 Å². The van der Waals surface area contributed by atoms with Crippen molar-refractivity contribution in [2.24, 2.45) is 0 Å². The number of ether oxygens (including phenoxy) is 1. The molecule has 136 valence electrons. The van der Waals surface area contributed by atoms with Gasteiger partial charge in [-0.25, -0.2) is 13.6 Å². The van der Waals surface area contributed by atoms with Crippen LogP contribution >= 0.6 is 0 Å². The molecule has 1 fully saturated rings. The summed E-state index contributed by atoms with van der Waals surface area (Å²) >= 11 is 0. The Morgan fingerprint density at radius 3 is 2.31 bits per heavy atom. The fraction of sp³-hybridized carbons (Fsp3) is 0.333. The lowest BCUT2D eigenvalue weighted by Gasteiger charge is -2.22. The average Bonchev–Trinajstić information content (AvgIpc) is 2.66. The zero-order valence-electron chi connectivity index (χ0n) is 14.3. The molecule has 0 aliphatic heterocycles. The van der Waals surface area contributed by atoms with Gasteiger partial charge in [0.05, 0.1) is 5.56 Å². The molecule has 0 aromatic heterocycles. The molecule has 0 N–H and O–H groups in total. The second-order valence-electron chi connectivity index (χ2n) is 6.58. The van der Waals surface area contributed by atoms with E-state index >= 15 is 0 Å². The molecule has 3 nitrogen and oxygen atoms in total. The van der Waals surface area contributed by atoms with Crippen LogP contribution in [0, 0.1) is 11.6 Å². The quantitative estimate of drug-likeness (QED) is 0.555. The Morgan fingerprint density at radius 1 is 0.962 bits per heavy atom. The van der Waals surface area contributed by atoms with Crippen LogP contribution in [0.15, 0.2) is 42.5 Å². The predicted molar refractivity (Wildman–Crippen MR) is 93.2 cm³/mol. The number of ketones is 1. The first-order valence-corrected chi connectivity index (χ1v) is 8.80. The fourth-order valence-electron chi connectivity index (χ4n) is 3.32. The molecule has 0 saturated heterocycles. The zero-order valence-corrected chi connectivity index (χ0v) is 14.3. The van der Waals surface area contributed by atoms with Crippen LogP contribution in [0.1, 0.15) is 64.3 Å². The molecule has 3 rings (SSSR count). The Hall–Kier alpha value is -2.56. The molecule has 0 heterocycles. The zero-order chi connectivity index (χ0) is 18.5. The number of halogens is 2. The van der Waals surface area contributed by atoms with E-state index in [1.807, 2.05) is 12.1 Å². The number of carbonyl (C=O) groups is 2. The summed E-state index contributed by atoms with van der Waals surface area (Å²) in [5.74, 6) is -2.61. The molecule has 0 bridgehead atoms. The maximum absolute atomic E-state index is 13.5. The summed E-state index contributed by atoms with van der Waals surface area (Å²) in [6.45, 7) is -0.488. The monoisotopic (exact) mass is 358 g/mol. The first-order valence-electron chi connectivity index (χ1n) is 8.80. The lowest BCUT2D eigenvalue weighted by Crippen LogP contribution is -2.15. The van der Waals surface area contributed by atoms with Crippen molar-refractivity contribution in [1.29, 1.82) is 0 Å². The van der Waals surface area contributed by atoms with Gasteiger partial charge in [-0.05, 0) is 36.5 Å². The van der Waals surface area contributed by atoms with Crippen LogP contribution in [-0.2, 0) is 4.74 Å². The molecular formula is C21H20F2O3. The number of hydrogen-bond acceptors (Lipinski definition) is 3. The third kappa shape index (κ3) is 4.34. The van der Waals surface area contributed by atoms with Gasteiger partial charge in [0.1, 0.15) is 11.6 Å². The minimum Gasteiger partial charge on any atom is -0.454 e. The standard InChI is InChI=1S/C21H20F2O3/c22-17-10-11-18(19(23)12-17)21(25)26-13-20(24)16-8-6-15(7-9-16)14-4-2-1-3-5-14/h6-12,14H,1-5,13H2.